The van der Waals surface area contributed by atoms with E-state index in [0.717, 1.165) is 45.5 Å². The number of rotatable bonds is 13. The molecule has 4 fully saturated rings. The molecule has 0 bridgehead atoms. The SMILES string of the molecule is CCCCOC1CCC2(C)C(C1)CC(OCCCC)C1C2C[C@H](OCCCN)C2(C)C(C(C)O)CCC12. The lowest BCUT2D eigenvalue weighted by atomic mass is 9.43. The average Bonchev–Trinajstić information content (AvgIpc) is 3.23. The molecule has 11 atom stereocenters. The van der Waals surface area contributed by atoms with Crippen LogP contribution in [0.1, 0.15) is 112 Å². The van der Waals surface area contributed by atoms with Crippen LogP contribution in [0.25, 0.3) is 0 Å². The van der Waals surface area contributed by atoms with Gasteiger partial charge in [-0.25, -0.2) is 0 Å². The quantitative estimate of drug-likeness (QED) is 0.276. The molecule has 0 radical (unpaired) electrons. The molecule has 0 aromatic heterocycles. The molecule has 5 heteroatoms. The zero-order chi connectivity index (χ0) is 26.6. The van der Waals surface area contributed by atoms with E-state index < -0.39 is 0 Å². The zero-order valence-electron chi connectivity index (χ0n) is 24.8. The minimum atomic E-state index is -0.297. The van der Waals surface area contributed by atoms with Crippen LogP contribution in [0.2, 0.25) is 0 Å². The maximum absolute atomic E-state index is 10.9. The summed E-state index contributed by atoms with van der Waals surface area (Å²) in [7, 11) is 0. The van der Waals surface area contributed by atoms with Crippen molar-refractivity contribution in [3.8, 4) is 0 Å². The molecule has 4 saturated carbocycles. The molecular formula is C32H59NO4. The zero-order valence-corrected chi connectivity index (χ0v) is 24.8. The number of aliphatic hydroxyl groups is 1. The fourth-order valence-electron chi connectivity index (χ4n) is 9.58. The predicted molar refractivity (Wildman–Crippen MR) is 150 cm³/mol. The lowest BCUT2D eigenvalue weighted by Crippen LogP contribution is -2.63. The first-order chi connectivity index (χ1) is 17.8. The summed E-state index contributed by atoms with van der Waals surface area (Å²) >= 11 is 0. The summed E-state index contributed by atoms with van der Waals surface area (Å²) in [6.07, 6.45) is 14.4. The second-order valence-corrected chi connectivity index (χ2v) is 13.6. The number of nitrogens with two attached hydrogens (primary N) is 1. The number of hydrogen-bond acceptors (Lipinski definition) is 5. The molecule has 4 aliphatic carbocycles. The molecule has 0 spiro atoms. The van der Waals surface area contributed by atoms with Gasteiger partial charge in [0.15, 0.2) is 0 Å². The second-order valence-electron chi connectivity index (χ2n) is 13.6. The van der Waals surface area contributed by atoms with E-state index in [4.69, 9.17) is 19.9 Å². The van der Waals surface area contributed by atoms with Gasteiger partial charge in [0.05, 0.1) is 24.4 Å². The van der Waals surface area contributed by atoms with E-state index in [2.05, 4.69) is 27.7 Å². The van der Waals surface area contributed by atoms with Gasteiger partial charge in [-0.15, -0.1) is 0 Å². The molecule has 4 rings (SSSR count). The Bertz CT molecular complexity index is 702. The van der Waals surface area contributed by atoms with Crippen molar-refractivity contribution in [1.82, 2.24) is 0 Å². The highest BCUT2D eigenvalue weighted by molar-refractivity contribution is 5.15. The summed E-state index contributed by atoms with van der Waals surface area (Å²) < 4.78 is 20.0. The lowest BCUT2D eigenvalue weighted by molar-refractivity contribution is -0.229. The van der Waals surface area contributed by atoms with Gasteiger partial charge in [0, 0.05) is 25.2 Å². The van der Waals surface area contributed by atoms with Crippen LogP contribution in [0.15, 0.2) is 0 Å². The number of ether oxygens (including phenoxy) is 3. The predicted octanol–water partition coefficient (Wildman–Crippen LogP) is 6.35. The van der Waals surface area contributed by atoms with Crippen LogP contribution in [0, 0.1) is 40.4 Å². The molecule has 216 valence electrons. The van der Waals surface area contributed by atoms with Gasteiger partial charge in [0.25, 0.3) is 0 Å². The third-order valence-corrected chi connectivity index (χ3v) is 11.7. The summed E-state index contributed by atoms with van der Waals surface area (Å²) in [6.45, 7) is 14.8. The molecule has 3 N–H and O–H groups in total. The van der Waals surface area contributed by atoms with E-state index in [9.17, 15) is 5.11 Å². The molecule has 0 aromatic rings. The van der Waals surface area contributed by atoms with Gasteiger partial charge in [0.1, 0.15) is 0 Å². The molecular weight excluding hydrogens is 462 g/mol. The van der Waals surface area contributed by atoms with Crippen LogP contribution in [0.5, 0.6) is 0 Å². The Kier molecular flexibility index (Phi) is 10.4. The van der Waals surface area contributed by atoms with Gasteiger partial charge in [0.2, 0.25) is 0 Å². The van der Waals surface area contributed by atoms with E-state index >= 15 is 0 Å². The molecule has 37 heavy (non-hydrogen) atoms. The van der Waals surface area contributed by atoms with Gasteiger partial charge >= 0.3 is 0 Å². The van der Waals surface area contributed by atoms with Crippen molar-refractivity contribution < 1.29 is 19.3 Å². The molecule has 0 aliphatic heterocycles. The van der Waals surface area contributed by atoms with Crippen molar-refractivity contribution in [2.75, 3.05) is 26.4 Å². The minimum Gasteiger partial charge on any atom is -0.393 e. The van der Waals surface area contributed by atoms with Crippen molar-refractivity contribution in [3.63, 3.8) is 0 Å². The standard InChI is InChI=1S/C32H59NO4/c1-6-8-16-35-24-13-14-31(4)23(19-24)20-28(36-17-9-7-2)30-26-12-11-25(22(3)34)32(26,5)29(21-27(30)31)37-18-10-15-33/h22-30,34H,6-21,33H2,1-5H3/t22?,23?,24?,25?,26?,27?,28?,29-,30?,31?,32?/m0/s1. The van der Waals surface area contributed by atoms with E-state index in [0.29, 0.717) is 53.8 Å². The average molecular weight is 522 g/mol. The summed E-state index contributed by atoms with van der Waals surface area (Å²) in [5.74, 6) is 2.69. The summed E-state index contributed by atoms with van der Waals surface area (Å²) in [5.41, 5.74) is 6.18. The third kappa shape index (κ3) is 5.82. The Balaban J connectivity index is 1.63. The largest absolute Gasteiger partial charge is 0.393 e. The van der Waals surface area contributed by atoms with E-state index in [1.54, 1.807) is 0 Å². The van der Waals surface area contributed by atoms with E-state index in [1.165, 1.54) is 51.4 Å². The van der Waals surface area contributed by atoms with Crippen molar-refractivity contribution in [2.45, 2.75) is 136 Å². The Hall–Kier alpha value is -0.200. The molecule has 10 unspecified atom stereocenters. The second kappa shape index (κ2) is 13.0. The molecule has 5 nitrogen and oxygen atoms in total. The number of aliphatic hydroxyl groups excluding tert-OH is 1. The fraction of sp³-hybridized carbons (Fsp3) is 1.00. The smallest absolute Gasteiger partial charge is 0.0638 e. The molecule has 0 aromatic carbocycles. The Labute approximate surface area is 228 Å². The number of unbranched alkanes of at least 4 members (excludes halogenated alkanes) is 2. The maximum atomic E-state index is 10.9. The van der Waals surface area contributed by atoms with E-state index in [-0.39, 0.29) is 17.6 Å². The molecule has 4 aliphatic rings. The van der Waals surface area contributed by atoms with Crippen LogP contribution >= 0.6 is 0 Å². The van der Waals surface area contributed by atoms with Crippen LogP contribution in [0.3, 0.4) is 0 Å². The van der Waals surface area contributed by atoms with Gasteiger partial charge in [-0.2, -0.15) is 0 Å². The van der Waals surface area contributed by atoms with Gasteiger partial charge < -0.3 is 25.1 Å². The highest BCUT2D eigenvalue weighted by Gasteiger charge is 2.66. The normalized spacial score (nSPS) is 44.2. The Morgan fingerprint density at radius 2 is 1.57 bits per heavy atom. The minimum absolute atomic E-state index is 0.0000390. The number of fused-ring (bicyclic) bond motifs is 5. The Morgan fingerprint density at radius 1 is 0.865 bits per heavy atom. The molecule has 0 saturated heterocycles. The lowest BCUT2D eigenvalue weighted by Gasteiger charge is -2.64. The van der Waals surface area contributed by atoms with Crippen LogP contribution in [0.4, 0.5) is 0 Å². The summed E-state index contributed by atoms with van der Waals surface area (Å²) in [6, 6.07) is 0. The van der Waals surface area contributed by atoms with Crippen LogP contribution < -0.4 is 5.73 Å². The van der Waals surface area contributed by atoms with Crippen LogP contribution in [-0.4, -0.2) is 55.9 Å². The third-order valence-electron chi connectivity index (χ3n) is 11.7. The van der Waals surface area contributed by atoms with Crippen molar-refractivity contribution in [3.05, 3.63) is 0 Å². The van der Waals surface area contributed by atoms with E-state index in [1.807, 2.05) is 6.92 Å². The first-order valence-electron chi connectivity index (χ1n) is 16.0. The monoisotopic (exact) mass is 521 g/mol. The topological polar surface area (TPSA) is 73.9 Å². The first kappa shape index (κ1) is 29.8. The van der Waals surface area contributed by atoms with Crippen molar-refractivity contribution in [1.29, 1.82) is 0 Å². The highest BCUT2D eigenvalue weighted by atomic mass is 16.5. The maximum Gasteiger partial charge on any atom is 0.0638 e. The first-order valence-corrected chi connectivity index (χ1v) is 16.0. The van der Waals surface area contributed by atoms with Crippen molar-refractivity contribution in [2.24, 2.45) is 46.2 Å². The Morgan fingerprint density at radius 3 is 2.24 bits per heavy atom. The van der Waals surface area contributed by atoms with Gasteiger partial charge in [-0.3, -0.25) is 0 Å². The molecule has 0 amide bonds. The summed E-state index contributed by atoms with van der Waals surface area (Å²) in [4.78, 5) is 0. The highest BCUT2D eigenvalue weighted by Crippen LogP contribution is 2.68. The van der Waals surface area contributed by atoms with Gasteiger partial charge in [-0.1, -0.05) is 40.5 Å². The van der Waals surface area contributed by atoms with Crippen LogP contribution in [-0.2, 0) is 14.2 Å². The fourth-order valence-corrected chi connectivity index (χ4v) is 9.58. The summed E-state index contributed by atoms with van der Waals surface area (Å²) in [5, 5.41) is 10.9. The van der Waals surface area contributed by atoms with Gasteiger partial charge in [-0.05, 0) is 113 Å². The van der Waals surface area contributed by atoms with Crippen molar-refractivity contribution >= 4 is 0 Å². The molecule has 0 heterocycles. The number of hydrogen-bond donors (Lipinski definition) is 2.